The summed E-state index contributed by atoms with van der Waals surface area (Å²) >= 11 is 1.40. The highest BCUT2D eigenvalue weighted by molar-refractivity contribution is 7.10. The summed E-state index contributed by atoms with van der Waals surface area (Å²) in [6.07, 6.45) is -0.778. The van der Waals surface area contributed by atoms with Crippen LogP contribution in [-0.2, 0) is 9.59 Å². The van der Waals surface area contributed by atoms with Crippen LogP contribution < -0.4 is 0 Å². The van der Waals surface area contributed by atoms with Crippen LogP contribution in [0.3, 0.4) is 0 Å². The van der Waals surface area contributed by atoms with E-state index >= 15 is 0 Å². The molecule has 0 spiro atoms. The van der Waals surface area contributed by atoms with Crippen LogP contribution in [0.1, 0.15) is 29.0 Å². The van der Waals surface area contributed by atoms with E-state index in [-0.39, 0.29) is 17.9 Å². The molecule has 1 amide bonds. The van der Waals surface area contributed by atoms with Crippen molar-refractivity contribution in [1.82, 2.24) is 4.90 Å². The van der Waals surface area contributed by atoms with E-state index < -0.39 is 23.8 Å². The van der Waals surface area contributed by atoms with Crippen molar-refractivity contribution in [3.05, 3.63) is 63.4 Å². The predicted molar refractivity (Wildman–Crippen MR) is 96.2 cm³/mol. The highest BCUT2D eigenvalue weighted by Gasteiger charge is 2.46. The Morgan fingerprint density at radius 1 is 1.24 bits per heavy atom. The van der Waals surface area contributed by atoms with Crippen molar-refractivity contribution >= 4 is 28.8 Å². The van der Waals surface area contributed by atoms with Gasteiger partial charge in [0.25, 0.3) is 11.7 Å². The number of hydrogen-bond acceptors (Lipinski definition) is 5. The number of benzene rings is 1. The van der Waals surface area contributed by atoms with Crippen LogP contribution >= 0.6 is 11.3 Å². The van der Waals surface area contributed by atoms with E-state index in [1.807, 2.05) is 36.6 Å². The first-order valence-electron chi connectivity index (χ1n) is 7.97. The van der Waals surface area contributed by atoms with Crippen molar-refractivity contribution < 1.29 is 19.8 Å². The van der Waals surface area contributed by atoms with Crippen molar-refractivity contribution in [3.8, 4) is 0 Å². The molecule has 6 heteroatoms. The number of ketones is 1. The minimum atomic E-state index is -0.778. The van der Waals surface area contributed by atoms with Gasteiger partial charge in [0.1, 0.15) is 5.76 Å². The highest BCUT2D eigenvalue weighted by Crippen LogP contribution is 2.41. The average Bonchev–Trinajstić information content (AvgIpc) is 3.17. The Labute approximate surface area is 149 Å². The number of aliphatic hydroxyl groups excluding tert-OH is 2. The Morgan fingerprint density at radius 3 is 2.48 bits per heavy atom. The van der Waals surface area contributed by atoms with E-state index in [9.17, 15) is 19.8 Å². The lowest BCUT2D eigenvalue weighted by atomic mass is 9.99. The maximum Gasteiger partial charge on any atom is 0.295 e. The minimum absolute atomic E-state index is 0.0256. The predicted octanol–water partition coefficient (Wildman–Crippen LogP) is 2.86. The first-order chi connectivity index (χ1) is 11.9. The Bertz CT molecular complexity index is 822. The van der Waals surface area contributed by atoms with E-state index in [0.29, 0.717) is 5.56 Å². The highest BCUT2D eigenvalue weighted by atomic mass is 32.1. The SMILES string of the molecule is Cc1ccc(C(O)=C2C(=O)C(=O)N(C[C@@H](C)O)[C@H]2c2cccs2)cc1. The van der Waals surface area contributed by atoms with Gasteiger partial charge in [-0.25, -0.2) is 0 Å². The van der Waals surface area contributed by atoms with Crippen molar-refractivity contribution in [2.75, 3.05) is 6.54 Å². The summed E-state index contributed by atoms with van der Waals surface area (Å²) in [5.74, 6) is -1.62. The second kappa shape index (κ2) is 6.82. The van der Waals surface area contributed by atoms with Gasteiger partial charge in [0.05, 0.1) is 17.7 Å². The zero-order valence-electron chi connectivity index (χ0n) is 14.0. The van der Waals surface area contributed by atoms with Crippen LogP contribution in [0, 0.1) is 6.92 Å². The average molecular weight is 357 g/mol. The first-order valence-corrected chi connectivity index (χ1v) is 8.85. The summed E-state index contributed by atoms with van der Waals surface area (Å²) in [5.41, 5.74) is 1.58. The van der Waals surface area contributed by atoms with Crippen LogP contribution in [0.2, 0.25) is 0 Å². The number of nitrogens with zero attached hydrogens (tertiary/aromatic N) is 1. The molecule has 2 N–H and O–H groups in total. The maximum absolute atomic E-state index is 12.6. The summed E-state index contributed by atoms with van der Waals surface area (Å²) in [6.45, 7) is 3.51. The molecule has 1 aromatic heterocycles. The molecule has 3 rings (SSSR count). The van der Waals surface area contributed by atoms with E-state index in [2.05, 4.69) is 0 Å². The van der Waals surface area contributed by atoms with E-state index in [1.54, 1.807) is 19.1 Å². The van der Waals surface area contributed by atoms with Crippen molar-refractivity contribution in [3.63, 3.8) is 0 Å². The molecule has 1 aliphatic heterocycles. The van der Waals surface area contributed by atoms with Crippen LogP contribution in [0.15, 0.2) is 47.4 Å². The molecule has 1 saturated heterocycles. The molecule has 1 aromatic carbocycles. The molecule has 0 radical (unpaired) electrons. The molecule has 2 aromatic rings. The van der Waals surface area contributed by atoms with Gasteiger partial charge in [0, 0.05) is 17.0 Å². The normalized spacial score (nSPS) is 20.9. The Balaban J connectivity index is 2.15. The zero-order chi connectivity index (χ0) is 18.1. The first kappa shape index (κ1) is 17.4. The fourth-order valence-corrected chi connectivity index (χ4v) is 3.81. The van der Waals surface area contributed by atoms with Crippen molar-refractivity contribution in [1.29, 1.82) is 0 Å². The lowest BCUT2D eigenvalue weighted by molar-refractivity contribution is -0.140. The summed E-state index contributed by atoms with van der Waals surface area (Å²) in [5, 5.41) is 22.3. The number of carbonyl (C=O) groups excluding carboxylic acids is 2. The number of aliphatic hydroxyl groups is 2. The number of rotatable bonds is 4. The molecule has 0 unspecified atom stereocenters. The third-order valence-electron chi connectivity index (χ3n) is 4.14. The maximum atomic E-state index is 12.6. The number of amides is 1. The molecular formula is C19H19NO4S. The number of likely N-dealkylation sites (tertiary alicyclic amines) is 1. The Kier molecular flexibility index (Phi) is 4.74. The Hall–Kier alpha value is -2.44. The molecule has 130 valence electrons. The van der Waals surface area contributed by atoms with Crippen molar-refractivity contribution in [2.24, 2.45) is 0 Å². The third-order valence-corrected chi connectivity index (χ3v) is 5.06. The number of hydrogen-bond donors (Lipinski definition) is 2. The Morgan fingerprint density at radius 2 is 1.92 bits per heavy atom. The van der Waals surface area contributed by atoms with E-state index in [4.69, 9.17) is 0 Å². The molecule has 25 heavy (non-hydrogen) atoms. The molecule has 1 fully saturated rings. The van der Waals surface area contributed by atoms with Gasteiger partial charge in [-0.15, -0.1) is 11.3 Å². The second-order valence-electron chi connectivity index (χ2n) is 6.18. The summed E-state index contributed by atoms with van der Waals surface area (Å²) in [7, 11) is 0. The second-order valence-corrected chi connectivity index (χ2v) is 7.16. The molecule has 2 atom stereocenters. The van der Waals surface area contributed by atoms with Crippen LogP contribution in [0.4, 0.5) is 0 Å². The number of carbonyl (C=O) groups is 2. The number of Topliss-reactive ketones (excluding diaryl/α,β-unsaturated/α-hetero) is 1. The summed E-state index contributed by atoms with van der Waals surface area (Å²) < 4.78 is 0. The topological polar surface area (TPSA) is 77.8 Å². The van der Waals surface area contributed by atoms with Gasteiger partial charge < -0.3 is 15.1 Å². The lowest BCUT2D eigenvalue weighted by Crippen LogP contribution is -2.35. The molecule has 1 aliphatic rings. The number of β-amino-alcohol motifs (C(OH)–C–C–N with tert-alkyl or cyclic N) is 1. The van der Waals surface area contributed by atoms with Gasteiger partial charge in [-0.1, -0.05) is 35.9 Å². The van der Waals surface area contributed by atoms with Crippen molar-refractivity contribution in [2.45, 2.75) is 26.0 Å². The van der Waals surface area contributed by atoms with Crippen LogP contribution in [0.25, 0.3) is 5.76 Å². The van der Waals surface area contributed by atoms with Gasteiger partial charge in [-0.2, -0.15) is 0 Å². The molecule has 2 heterocycles. The van der Waals surface area contributed by atoms with Gasteiger partial charge in [0.2, 0.25) is 0 Å². The molecule has 0 saturated carbocycles. The molecule has 5 nitrogen and oxygen atoms in total. The third kappa shape index (κ3) is 3.23. The molecule has 0 bridgehead atoms. The smallest absolute Gasteiger partial charge is 0.295 e. The van der Waals surface area contributed by atoms with Crippen LogP contribution in [-0.4, -0.2) is 39.5 Å². The standard InChI is InChI=1S/C19H19NO4S/c1-11-5-7-13(8-6-11)17(22)15-16(14-4-3-9-25-14)20(10-12(2)21)19(24)18(15)23/h3-9,12,16,21-22H,10H2,1-2H3/t12-,16+/m1/s1. The zero-order valence-corrected chi connectivity index (χ0v) is 14.8. The van der Waals surface area contributed by atoms with E-state index in [0.717, 1.165) is 10.4 Å². The molecular weight excluding hydrogens is 338 g/mol. The van der Waals surface area contributed by atoms with Gasteiger partial charge in [-0.3, -0.25) is 9.59 Å². The number of thiophene rings is 1. The van der Waals surface area contributed by atoms with Gasteiger partial charge >= 0.3 is 0 Å². The summed E-state index contributed by atoms with van der Waals surface area (Å²) in [6, 6.07) is 10.1. The fraction of sp³-hybridized carbons (Fsp3) is 0.263. The van der Waals surface area contributed by atoms with Crippen LogP contribution in [0.5, 0.6) is 0 Å². The fourth-order valence-electron chi connectivity index (χ4n) is 2.96. The largest absolute Gasteiger partial charge is 0.507 e. The monoisotopic (exact) mass is 357 g/mol. The lowest BCUT2D eigenvalue weighted by Gasteiger charge is -2.25. The van der Waals surface area contributed by atoms with Gasteiger partial charge in [0.15, 0.2) is 0 Å². The minimum Gasteiger partial charge on any atom is -0.507 e. The van der Waals surface area contributed by atoms with E-state index in [1.165, 1.54) is 16.2 Å². The van der Waals surface area contributed by atoms with Gasteiger partial charge in [-0.05, 0) is 25.3 Å². The summed E-state index contributed by atoms with van der Waals surface area (Å²) in [4.78, 5) is 27.2. The number of aryl methyl sites for hydroxylation is 1. The molecule has 0 aliphatic carbocycles. The quantitative estimate of drug-likeness (QED) is 0.501.